The molecule has 1 fully saturated rings. The summed E-state index contributed by atoms with van der Waals surface area (Å²) in [7, 11) is 0. The highest BCUT2D eigenvalue weighted by molar-refractivity contribution is 5.76. The highest BCUT2D eigenvalue weighted by Crippen LogP contribution is 2.19. The average molecular weight is 257 g/mol. The number of rotatable bonds is 6. The molecule has 0 radical (unpaired) electrons. The van der Waals surface area contributed by atoms with Crippen LogP contribution in [0.2, 0.25) is 0 Å². The lowest BCUT2D eigenvalue weighted by molar-refractivity contribution is -0.134. The SMILES string of the molecule is CCN(CC(C)(C)O)C(=O)CCC1CCCOC1. The molecular weight excluding hydrogens is 230 g/mol. The standard InChI is InChI=1S/C14H27NO3/c1-4-15(11-14(2,3)17)13(16)8-7-12-6-5-9-18-10-12/h12,17H,4-11H2,1-3H3. The van der Waals surface area contributed by atoms with Gasteiger partial charge in [-0.3, -0.25) is 4.79 Å². The Morgan fingerprint density at radius 2 is 2.22 bits per heavy atom. The second-order valence-corrected chi connectivity index (χ2v) is 5.84. The fraction of sp³-hybridized carbons (Fsp3) is 0.929. The van der Waals surface area contributed by atoms with Gasteiger partial charge in [0.2, 0.25) is 5.91 Å². The molecule has 18 heavy (non-hydrogen) atoms. The van der Waals surface area contributed by atoms with E-state index < -0.39 is 5.60 Å². The van der Waals surface area contributed by atoms with Crippen molar-refractivity contribution < 1.29 is 14.6 Å². The Kier molecular flexibility index (Phi) is 6.09. The maximum Gasteiger partial charge on any atom is 0.222 e. The molecule has 0 aliphatic carbocycles. The van der Waals surface area contributed by atoms with Gasteiger partial charge in [0.25, 0.3) is 0 Å². The van der Waals surface area contributed by atoms with Gasteiger partial charge >= 0.3 is 0 Å². The second kappa shape index (κ2) is 7.10. The zero-order valence-corrected chi connectivity index (χ0v) is 11.9. The molecule has 0 saturated carbocycles. The topological polar surface area (TPSA) is 49.8 Å². The molecule has 1 aliphatic heterocycles. The molecule has 0 aromatic heterocycles. The van der Waals surface area contributed by atoms with E-state index in [1.165, 1.54) is 6.42 Å². The number of hydrogen-bond acceptors (Lipinski definition) is 3. The van der Waals surface area contributed by atoms with Crippen molar-refractivity contribution in [3.05, 3.63) is 0 Å². The van der Waals surface area contributed by atoms with Gasteiger partial charge in [-0.2, -0.15) is 0 Å². The number of nitrogens with zero attached hydrogens (tertiary/aromatic N) is 1. The molecule has 1 rings (SSSR count). The van der Waals surface area contributed by atoms with Crippen molar-refractivity contribution >= 4 is 5.91 Å². The Hall–Kier alpha value is -0.610. The van der Waals surface area contributed by atoms with Gasteiger partial charge in [0.15, 0.2) is 0 Å². The molecule has 4 nitrogen and oxygen atoms in total. The van der Waals surface area contributed by atoms with E-state index >= 15 is 0 Å². The molecule has 0 spiro atoms. The lowest BCUT2D eigenvalue weighted by atomic mass is 9.96. The molecule has 4 heteroatoms. The van der Waals surface area contributed by atoms with Crippen LogP contribution in [0.3, 0.4) is 0 Å². The van der Waals surface area contributed by atoms with Gasteiger partial charge in [-0.1, -0.05) is 0 Å². The summed E-state index contributed by atoms with van der Waals surface area (Å²) >= 11 is 0. The van der Waals surface area contributed by atoms with Crippen LogP contribution in [-0.2, 0) is 9.53 Å². The van der Waals surface area contributed by atoms with E-state index in [1.54, 1.807) is 18.7 Å². The number of likely N-dealkylation sites (N-methyl/N-ethyl adjacent to an activating group) is 1. The van der Waals surface area contributed by atoms with Crippen molar-refractivity contribution in [1.82, 2.24) is 4.90 Å². The van der Waals surface area contributed by atoms with Crippen molar-refractivity contribution in [2.45, 2.75) is 52.1 Å². The molecule has 0 aromatic carbocycles. The largest absolute Gasteiger partial charge is 0.389 e. The zero-order chi connectivity index (χ0) is 13.6. The molecule has 1 N–H and O–H groups in total. The highest BCUT2D eigenvalue weighted by Gasteiger charge is 2.22. The molecular formula is C14H27NO3. The quantitative estimate of drug-likeness (QED) is 0.789. The summed E-state index contributed by atoms with van der Waals surface area (Å²) in [6.07, 6.45) is 3.75. The smallest absolute Gasteiger partial charge is 0.222 e. The summed E-state index contributed by atoms with van der Waals surface area (Å²) in [6, 6.07) is 0. The van der Waals surface area contributed by atoms with Crippen LogP contribution in [0.5, 0.6) is 0 Å². The van der Waals surface area contributed by atoms with Gasteiger partial charge in [-0.15, -0.1) is 0 Å². The minimum Gasteiger partial charge on any atom is -0.389 e. The predicted molar refractivity (Wildman–Crippen MR) is 71.3 cm³/mol. The molecule has 1 atom stereocenters. The Balaban J connectivity index is 2.32. The van der Waals surface area contributed by atoms with Crippen molar-refractivity contribution in [3.8, 4) is 0 Å². The van der Waals surface area contributed by atoms with Crippen LogP contribution < -0.4 is 0 Å². The van der Waals surface area contributed by atoms with E-state index in [4.69, 9.17) is 4.74 Å². The Bertz CT molecular complexity index is 254. The van der Waals surface area contributed by atoms with E-state index in [0.29, 0.717) is 25.4 Å². The van der Waals surface area contributed by atoms with Gasteiger partial charge in [-0.05, 0) is 46.0 Å². The number of hydrogen-bond donors (Lipinski definition) is 1. The first kappa shape index (κ1) is 15.4. The van der Waals surface area contributed by atoms with Crippen molar-refractivity contribution in [1.29, 1.82) is 0 Å². The normalized spacial score (nSPS) is 20.8. The number of carbonyl (C=O) groups is 1. The highest BCUT2D eigenvalue weighted by atomic mass is 16.5. The summed E-state index contributed by atoms with van der Waals surface area (Å²) in [6.45, 7) is 8.14. The van der Waals surface area contributed by atoms with E-state index in [9.17, 15) is 9.90 Å². The molecule has 106 valence electrons. The third-order valence-electron chi connectivity index (χ3n) is 3.33. The van der Waals surface area contributed by atoms with Crippen molar-refractivity contribution in [2.24, 2.45) is 5.92 Å². The lowest BCUT2D eigenvalue weighted by Gasteiger charge is -2.29. The first-order chi connectivity index (χ1) is 8.42. The molecule has 1 saturated heterocycles. The predicted octanol–water partition coefficient (Wildman–Crippen LogP) is 1.81. The zero-order valence-electron chi connectivity index (χ0n) is 11.9. The fourth-order valence-corrected chi connectivity index (χ4v) is 2.36. The molecule has 1 aliphatic rings. The Labute approximate surface area is 110 Å². The van der Waals surface area contributed by atoms with E-state index in [0.717, 1.165) is 26.1 Å². The number of amides is 1. The van der Waals surface area contributed by atoms with Crippen LogP contribution in [0.4, 0.5) is 0 Å². The molecule has 1 unspecified atom stereocenters. The Morgan fingerprint density at radius 3 is 2.72 bits per heavy atom. The fourth-order valence-electron chi connectivity index (χ4n) is 2.36. The number of aliphatic hydroxyl groups is 1. The van der Waals surface area contributed by atoms with Gasteiger partial charge in [0.05, 0.1) is 5.60 Å². The summed E-state index contributed by atoms with van der Waals surface area (Å²) in [5, 5.41) is 9.77. The molecule has 1 heterocycles. The molecule has 0 bridgehead atoms. The maximum absolute atomic E-state index is 12.1. The van der Waals surface area contributed by atoms with Gasteiger partial charge in [-0.25, -0.2) is 0 Å². The minimum atomic E-state index is -0.820. The average Bonchev–Trinajstić information content (AvgIpc) is 2.33. The number of ether oxygens (including phenoxy) is 1. The van der Waals surface area contributed by atoms with Crippen LogP contribution in [0, 0.1) is 5.92 Å². The minimum absolute atomic E-state index is 0.144. The van der Waals surface area contributed by atoms with E-state index in [2.05, 4.69) is 0 Å². The van der Waals surface area contributed by atoms with Gasteiger partial charge in [0, 0.05) is 32.7 Å². The van der Waals surface area contributed by atoms with Gasteiger partial charge in [0.1, 0.15) is 0 Å². The maximum atomic E-state index is 12.1. The summed E-state index contributed by atoms with van der Waals surface area (Å²) in [4.78, 5) is 13.8. The third kappa shape index (κ3) is 5.83. The second-order valence-electron chi connectivity index (χ2n) is 5.84. The molecule has 0 aromatic rings. The summed E-state index contributed by atoms with van der Waals surface area (Å²) in [5.74, 6) is 0.675. The van der Waals surface area contributed by atoms with Crippen molar-refractivity contribution in [2.75, 3.05) is 26.3 Å². The van der Waals surface area contributed by atoms with Crippen molar-refractivity contribution in [3.63, 3.8) is 0 Å². The molecule has 1 amide bonds. The summed E-state index contributed by atoms with van der Waals surface area (Å²) < 4.78 is 5.42. The van der Waals surface area contributed by atoms with Crippen LogP contribution in [0.25, 0.3) is 0 Å². The number of carbonyl (C=O) groups excluding carboxylic acids is 1. The van der Waals surface area contributed by atoms with Crippen LogP contribution in [-0.4, -0.2) is 47.8 Å². The monoisotopic (exact) mass is 257 g/mol. The first-order valence-corrected chi connectivity index (χ1v) is 7.00. The third-order valence-corrected chi connectivity index (χ3v) is 3.33. The van der Waals surface area contributed by atoms with Crippen LogP contribution >= 0.6 is 0 Å². The van der Waals surface area contributed by atoms with E-state index in [1.807, 2.05) is 6.92 Å². The summed E-state index contributed by atoms with van der Waals surface area (Å²) in [5.41, 5.74) is -0.820. The Morgan fingerprint density at radius 1 is 1.50 bits per heavy atom. The lowest BCUT2D eigenvalue weighted by Crippen LogP contribution is -2.42. The van der Waals surface area contributed by atoms with Crippen LogP contribution in [0.1, 0.15) is 46.5 Å². The van der Waals surface area contributed by atoms with E-state index in [-0.39, 0.29) is 5.91 Å². The first-order valence-electron chi connectivity index (χ1n) is 7.00. The van der Waals surface area contributed by atoms with Gasteiger partial charge < -0.3 is 14.7 Å². The van der Waals surface area contributed by atoms with Crippen LogP contribution in [0.15, 0.2) is 0 Å².